The van der Waals surface area contributed by atoms with E-state index in [0.717, 1.165) is 0 Å². The number of aliphatic imine (C=N–C) groups is 1. The van der Waals surface area contributed by atoms with E-state index in [9.17, 15) is 0 Å². The summed E-state index contributed by atoms with van der Waals surface area (Å²) in [5.74, 6) is 0.694. The summed E-state index contributed by atoms with van der Waals surface area (Å²) in [5.41, 5.74) is 4.16. The second-order valence-electron chi connectivity index (χ2n) is 3.97. The van der Waals surface area contributed by atoms with Crippen molar-refractivity contribution in [3.8, 4) is 0 Å². The van der Waals surface area contributed by atoms with Crippen LogP contribution in [0.2, 0.25) is 0 Å². The van der Waals surface area contributed by atoms with Gasteiger partial charge >= 0.3 is 0 Å². The zero-order valence-electron chi connectivity index (χ0n) is 8.51. The summed E-state index contributed by atoms with van der Waals surface area (Å²) < 4.78 is 0. The Balaban J connectivity index is 2.27. The first kappa shape index (κ1) is 8.74. The van der Waals surface area contributed by atoms with Crippen molar-refractivity contribution < 1.29 is 0 Å². The predicted octanol–water partition coefficient (Wildman–Crippen LogP) is 3.48. The maximum absolute atomic E-state index is 4.69. The predicted molar refractivity (Wildman–Crippen MR) is 56.9 cm³/mol. The van der Waals surface area contributed by atoms with Gasteiger partial charge in [-0.15, -0.1) is 0 Å². The Kier molecular flexibility index (Phi) is 2.34. The lowest BCUT2D eigenvalue weighted by Crippen LogP contribution is -2.16. The largest absolute Gasteiger partial charge is 0.257 e. The van der Waals surface area contributed by atoms with Crippen molar-refractivity contribution >= 4 is 5.71 Å². The third kappa shape index (κ3) is 1.48. The van der Waals surface area contributed by atoms with Gasteiger partial charge in [0.05, 0.1) is 5.70 Å². The lowest BCUT2D eigenvalue weighted by molar-refractivity contribution is 0.584. The topological polar surface area (TPSA) is 12.4 Å². The molecule has 0 aromatic rings. The Bertz CT molecular complexity index is 294. The molecule has 1 aliphatic heterocycles. The summed E-state index contributed by atoms with van der Waals surface area (Å²) in [4.78, 5) is 4.69. The Morgan fingerprint density at radius 2 is 2.23 bits per heavy atom. The average Bonchev–Trinajstić information content (AvgIpc) is 2.46. The van der Waals surface area contributed by atoms with Gasteiger partial charge in [-0.1, -0.05) is 12.5 Å². The molecule has 0 radical (unpaired) electrons. The zero-order valence-corrected chi connectivity index (χ0v) is 8.51. The van der Waals surface area contributed by atoms with E-state index in [2.05, 4.69) is 26.0 Å². The van der Waals surface area contributed by atoms with Crippen molar-refractivity contribution in [2.75, 3.05) is 0 Å². The average molecular weight is 175 g/mol. The van der Waals surface area contributed by atoms with Gasteiger partial charge in [-0.3, -0.25) is 4.99 Å². The van der Waals surface area contributed by atoms with E-state index in [1.165, 1.54) is 42.7 Å². The molecule has 0 aromatic heterocycles. The quantitative estimate of drug-likeness (QED) is 0.578. The van der Waals surface area contributed by atoms with Crippen LogP contribution in [0, 0.1) is 5.92 Å². The van der Waals surface area contributed by atoms with Crippen LogP contribution in [-0.2, 0) is 0 Å². The molecule has 1 heteroatoms. The van der Waals surface area contributed by atoms with Crippen molar-refractivity contribution in [2.24, 2.45) is 10.9 Å². The first-order chi connectivity index (χ1) is 6.33. The Hall–Kier alpha value is -0.850. The van der Waals surface area contributed by atoms with Gasteiger partial charge in [-0.25, -0.2) is 0 Å². The molecule has 2 aliphatic rings. The highest BCUT2D eigenvalue weighted by Gasteiger charge is 2.27. The number of rotatable bonds is 1. The van der Waals surface area contributed by atoms with Crippen LogP contribution in [0.5, 0.6) is 0 Å². The van der Waals surface area contributed by atoms with Gasteiger partial charge in [-0.2, -0.15) is 0 Å². The monoisotopic (exact) mass is 175 g/mol. The molecule has 1 atom stereocenters. The van der Waals surface area contributed by atoms with Gasteiger partial charge in [0.2, 0.25) is 0 Å². The fraction of sp³-hybridized carbons (Fsp3) is 0.583. The maximum atomic E-state index is 4.69. The van der Waals surface area contributed by atoms with Crippen LogP contribution < -0.4 is 0 Å². The van der Waals surface area contributed by atoms with E-state index in [1.54, 1.807) is 0 Å². The molecule has 1 saturated carbocycles. The Labute approximate surface area is 80.3 Å². The highest BCUT2D eigenvalue weighted by atomic mass is 14.8. The molecule has 1 fully saturated rings. The third-order valence-electron chi connectivity index (χ3n) is 3.09. The first-order valence-electron chi connectivity index (χ1n) is 5.24. The molecule has 1 nitrogen and oxygen atoms in total. The minimum absolute atomic E-state index is 0.694. The normalized spacial score (nSPS) is 28.2. The minimum Gasteiger partial charge on any atom is -0.257 e. The van der Waals surface area contributed by atoms with E-state index in [1.807, 2.05) is 0 Å². The van der Waals surface area contributed by atoms with Crippen LogP contribution >= 0.6 is 0 Å². The summed E-state index contributed by atoms with van der Waals surface area (Å²) in [7, 11) is 0. The van der Waals surface area contributed by atoms with Gasteiger partial charge < -0.3 is 0 Å². The van der Waals surface area contributed by atoms with Crippen LogP contribution in [-0.4, -0.2) is 5.71 Å². The highest BCUT2D eigenvalue weighted by molar-refractivity contribution is 5.93. The zero-order chi connectivity index (χ0) is 9.26. The standard InChI is InChI=1S/C12H17N/c1-3-6-11-9(2)10-7-4-5-8-12(10)13-11/h3,6,10H,4-5,7-8H2,1-2H3/b6-3-. The van der Waals surface area contributed by atoms with Crippen LogP contribution in [0.15, 0.2) is 28.4 Å². The van der Waals surface area contributed by atoms with Gasteiger partial charge in [0, 0.05) is 11.6 Å². The molecule has 0 spiro atoms. The van der Waals surface area contributed by atoms with Gasteiger partial charge in [0.25, 0.3) is 0 Å². The molecular weight excluding hydrogens is 158 g/mol. The summed E-state index contributed by atoms with van der Waals surface area (Å²) >= 11 is 0. The second-order valence-corrected chi connectivity index (χ2v) is 3.97. The lowest BCUT2D eigenvalue weighted by atomic mass is 9.84. The molecule has 0 bridgehead atoms. The molecule has 0 aromatic carbocycles. The molecule has 0 amide bonds. The molecule has 13 heavy (non-hydrogen) atoms. The van der Waals surface area contributed by atoms with Crippen molar-refractivity contribution in [2.45, 2.75) is 39.5 Å². The fourth-order valence-electron chi connectivity index (χ4n) is 2.34. The van der Waals surface area contributed by atoms with E-state index in [0.29, 0.717) is 5.92 Å². The molecule has 1 unspecified atom stereocenters. The van der Waals surface area contributed by atoms with Gasteiger partial charge in [0.15, 0.2) is 0 Å². The van der Waals surface area contributed by atoms with E-state index in [-0.39, 0.29) is 0 Å². The maximum Gasteiger partial charge on any atom is 0.0621 e. The highest BCUT2D eigenvalue weighted by Crippen LogP contribution is 2.35. The molecule has 0 N–H and O–H groups in total. The fourth-order valence-corrected chi connectivity index (χ4v) is 2.34. The van der Waals surface area contributed by atoms with Crippen molar-refractivity contribution in [1.82, 2.24) is 0 Å². The summed E-state index contributed by atoms with van der Waals surface area (Å²) in [5, 5.41) is 0. The van der Waals surface area contributed by atoms with Gasteiger partial charge in [-0.05, 0) is 44.8 Å². The molecule has 2 rings (SSSR count). The van der Waals surface area contributed by atoms with Crippen molar-refractivity contribution in [3.05, 3.63) is 23.4 Å². The number of hydrogen-bond donors (Lipinski definition) is 0. The van der Waals surface area contributed by atoms with E-state index in [4.69, 9.17) is 4.99 Å². The third-order valence-corrected chi connectivity index (χ3v) is 3.09. The van der Waals surface area contributed by atoms with Crippen LogP contribution in [0.25, 0.3) is 0 Å². The Morgan fingerprint density at radius 1 is 1.38 bits per heavy atom. The smallest absolute Gasteiger partial charge is 0.0621 e. The first-order valence-corrected chi connectivity index (χ1v) is 5.24. The molecule has 70 valence electrons. The molecule has 1 aliphatic carbocycles. The number of nitrogens with zero attached hydrogens (tertiary/aromatic N) is 1. The van der Waals surface area contributed by atoms with Gasteiger partial charge in [0.1, 0.15) is 0 Å². The van der Waals surface area contributed by atoms with Crippen molar-refractivity contribution in [1.29, 1.82) is 0 Å². The molecule has 1 heterocycles. The van der Waals surface area contributed by atoms with E-state index < -0.39 is 0 Å². The van der Waals surface area contributed by atoms with Crippen LogP contribution in [0.4, 0.5) is 0 Å². The Morgan fingerprint density at radius 3 is 2.92 bits per heavy atom. The summed E-state index contributed by atoms with van der Waals surface area (Å²) in [6, 6.07) is 0. The number of hydrogen-bond acceptors (Lipinski definition) is 1. The van der Waals surface area contributed by atoms with E-state index >= 15 is 0 Å². The summed E-state index contributed by atoms with van der Waals surface area (Å²) in [6.07, 6.45) is 9.49. The summed E-state index contributed by atoms with van der Waals surface area (Å²) in [6.45, 7) is 4.30. The van der Waals surface area contributed by atoms with Crippen LogP contribution in [0.3, 0.4) is 0 Å². The van der Waals surface area contributed by atoms with Crippen molar-refractivity contribution in [3.63, 3.8) is 0 Å². The molecular formula is C12H17N. The lowest BCUT2D eigenvalue weighted by Gasteiger charge is -2.19. The SMILES string of the molecule is C/C=C\C1=C(C)C2CCCCC2=N1. The minimum atomic E-state index is 0.694. The molecule has 0 saturated heterocycles. The van der Waals surface area contributed by atoms with Crippen LogP contribution in [0.1, 0.15) is 39.5 Å². The second kappa shape index (κ2) is 3.49. The number of fused-ring (bicyclic) bond motifs is 1. The number of allylic oxidation sites excluding steroid dienone is 3.